The molecule has 1 heterocycles. The lowest BCUT2D eigenvalue weighted by atomic mass is 10.1. The molecule has 0 aliphatic rings. The fourth-order valence-electron chi connectivity index (χ4n) is 1.44. The van der Waals surface area contributed by atoms with E-state index in [4.69, 9.17) is 4.74 Å². The zero-order valence-corrected chi connectivity index (χ0v) is 9.35. The van der Waals surface area contributed by atoms with Crippen molar-refractivity contribution < 1.29 is 4.74 Å². The van der Waals surface area contributed by atoms with Gasteiger partial charge in [0.05, 0.1) is 12.8 Å². The van der Waals surface area contributed by atoms with E-state index in [1.54, 1.807) is 12.5 Å². The van der Waals surface area contributed by atoms with Crippen molar-refractivity contribution in [2.45, 2.75) is 6.92 Å². The van der Waals surface area contributed by atoms with Crippen LogP contribution in [-0.2, 0) is 0 Å². The minimum Gasteiger partial charge on any atom is -0.496 e. The highest BCUT2D eigenvalue weighted by atomic mass is 32.1. The first-order chi connectivity index (χ1) is 7.20. The summed E-state index contributed by atoms with van der Waals surface area (Å²) in [7, 11) is 1.62. The molecule has 2 rings (SSSR count). The van der Waals surface area contributed by atoms with E-state index in [2.05, 4.69) is 4.98 Å². The summed E-state index contributed by atoms with van der Waals surface area (Å²) in [4.78, 5) is 13.8. The summed E-state index contributed by atoms with van der Waals surface area (Å²) in [5.41, 5.74) is 2.87. The van der Waals surface area contributed by atoms with Gasteiger partial charge >= 0.3 is 4.87 Å². The molecule has 0 saturated carbocycles. The number of nitrogens with one attached hydrogen (secondary N) is 1. The van der Waals surface area contributed by atoms with E-state index in [1.165, 1.54) is 0 Å². The van der Waals surface area contributed by atoms with Crippen LogP contribution in [0.5, 0.6) is 5.75 Å². The Kier molecular flexibility index (Phi) is 2.60. The minimum atomic E-state index is -0.0476. The number of hydrogen-bond donors (Lipinski definition) is 1. The fourth-order valence-corrected chi connectivity index (χ4v) is 2.02. The Hall–Kier alpha value is -1.55. The normalized spacial score (nSPS) is 10.3. The van der Waals surface area contributed by atoms with Crippen molar-refractivity contribution in [2.24, 2.45) is 0 Å². The van der Waals surface area contributed by atoms with Crippen molar-refractivity contribution in [3.63, 3.8) is 0 Å². The predicted octanol–water partition coefficient (Wildman–Crippen LogP) is 2.42. The highest BCUT2D eigenvalue weighted by molar-refractivity contribution is 7.07. The molecule has 0 spiro atoms. The molecule has 4 heteroatoms. The quantitative estimate of drug-likeness (QED) is 0.846. The molecule has 1 aromatic heterocycles. The summed E-state index contributed by atoms with van der Waals surface area (Å²) in [6.45, 7) is 2.01. The monoisotopic (exact) mass is 221 g/mol. The number of rotatable bonds is 2. The predicted molar refractivity (Wildman–Crippen MR) is 61.7 cm³/mol. The van der Waals surface area contributed by atoms with E-state index in [1.807, 2.05) is 25.1 Å². The van der Waals surface area contributed by atoms with Crippen LogP contribution in [0, 0.1) is 6.92 Å². The molecule has 2 aromatic rings. The molecule has 0 amide bonds. The van der Waals surface area contributed by atoms with Gasteiger partial charge in [0.25, 0.3) is 0 Å². The number of benzene rings is 1. The molecule has 0 aliphatic heterocycles. The van der Waals surface area contributed by atoms with E-state index in [-0.39, 0.29) is 4.87 Å². The smallest absolute Gasteiger partial charge is 0.304 e. The van der Waals surface area contributed by atoms with Crippen LogP contribution < -0.4 is 9.61 Å². The van der Waals surface area contributed by atoms with E-state index < -0.39 is 0 Å². The molecule has 1 N–H and O–H groups in total. The molecule has 0 saturated heterocycles. The molecule has 0 radical (unpaired) electrons. The first kappa shape index (κ1) is 9.98. The van der Waals surface area contributed by atoms with Crippen LogP contribution in [0.25, 0.3) is 11.3 Å². The lowest BCUT2D eigenvalue weighted by molar-refractivity contribution is 0.416. The molecule has 15 heavy (non-hydrogen) atoms. The molecule has 0 unspecified atom stereocenters. The molecule has 78 valence electrons. The molecule has 0 bridgehead atoms. The van der Waals surface area contributed by atoms with E-state index in [0.717, 1.165) is 33.9 Å². The molecule has 3 nitrogen and oxygen atoms in total. The van der Waals surface area contributed by atoms with Crippen molar-refractivity contribution in [1.82, 2.24) is 4.98 Å². The van der Waals surface area contributed by atoms with Gasteiger partial charge in [-0.25, -0.2) is 0 Å². The highest BCUT2D eigenvalue weighted by Gasteiger charge is 2.07. The summed E-state index contributed by atoms with van der Waals surface area (Å²) >= 11 is 1.16. The SMILES string of the molecule is COc1ccc(C)cc1-c1csc(=O)[nH]1. The molecule has 0 fully saturated rings. The zero-order chi connectivity index (χ0) is 10.8. The van der Waals surface area contributed by atoms with Crippen molar-refractivity contribution in [2.75, 3.05) is 7.11 Å². The maximum absolute atomic E-state index is 11.1. The second-order valence-electron chi connectivity index (χ2n) is 3.27. The van der Waals surface area contributed by atoms with E-state index >= 15 is 0 Å². The molecule has 1 aromatic carbocycles. The second-order valence-corrected chi connectivity index (χ2v) is 4.11. The Morgan fingerprint density at radius 2 is 2.20 bits per heavy atom. The summed E-state index contributed by atoms with van der Waals surface area (Å²) in [5.74, 6) is 0.773. The fraction of sp³-hybridized carbons (Fsp3) is 0.182. The Morgan fingerprint density at radius 1 is 1.40 bits per heavy atom. The van der Waals surface area contributed by atoms with Crippen molar-refractivity contribution in [1.29, 1.82) is 0 Å². The first-order valence-electron chi connectivity index (χ1n) is 4.53. The average molecular weight is 221 g/mol. The minimum absolute atomic E-state index is 0.0476. The maximum atomic E-state index is 11.1. The number of ether oxygens (including phenoxy) is 1. The van der Waals surface area contributed by atoms with Gasteiger partial charge in [-0.1, -0.05) is 23.0 Å². The number of methoxy groups -OCH3 is 1. The number of aryl methyl sites for hydroxylation is 1. The number of H-pyrrole nitrogens is 1. The van der Waals surface area contributed by atoms with Gasteiger partial charge in [-0.05, 0) is 19.1 Å². The van der Waals surface area contributed by atoms with E-state index in [0.29, 0.717) is 0 Å². The summed E-state index contributed by atoms with van der Waals surface area (Å²) in [6.07, 6.45) is 0. The summed E-state index contributed by atoms with van der Waals surface area (Å²) in [5, 5.41) is 1.81. The third kappa shape index (κ3) is 1.94. The van der Waals surface area contributed by atoms with Gasteiger partial charge in [0.2, 0.25) is 0 Å². The van der Waals surface area contributed by atoms with Crippen LogP contribution in [0.3, 0.4) is 0 Å². The molecular weight excluding hydrogens is 210 g/mol. The lowest BCUT2D eigenvalue weighted by Gasteiger charge is -2.07. The average Bonchev–Trinajstić information content (AvgIpc) is 2.65. The van der Waals surface area contributed by atoms with Gasteiger partial charge in [0, 0.05) is 10.9 Å². The highest BCUT2D eigenvalue weighted by Crippen LogP contribution is 2.29. The Morgan fingerprint density at radius 3 is 2.80 bits per heavy atom. The van der Waals surface area contributed by atoms with Crippen LogP contribution in [0.4, 0.5) is 0 Å². The number of aromatic amines is 1. The van der Waals surface area contributed by atoms with Crippen LogP contribution in [0.2, 0.25) is 0 Å². The van der Waals surface area contributed by atoms with Gasteiger partial charge in [-0.15, -0.1) is 0 Å². The number of thiazole rings is 1. The van der Waals surface area contributed by atoms with Crippen molar-refractivity contribution >= 4 is 11.3 Å². The van der Waals surface area contributed by atoms with Gasteiger partial charge < -0.3 is 9.72 Å². The Bertz CT molecular complexity index is 527. The Labute approximate surface area is 91.4 Å². The third-order valence-electron chi connectivity index (χ3n) is 2.17. The second kappa shape index (κ2) is 3.90. The van der Waals surface area contributed by atoms with Gasteiger partial charge in [-0.2, -0.15) is 0 Å². The molecular formula is C11H11NO2S. The van der Waals surface area contributed by atoms with Crippen molar-refractivity contribution in [3.8, 4) is 17.0 Å². The Balaban J connectivity index is 2.59. The lowest BCUT2D eigenvalue weighted by Crippen LogP contribution is -1.94. The topological polar surface area (TPSA) is 42.1 Å². The van der Waals surface area contributed by atoms with Crippen LogP contribution in [-0.4, -0.2) is 12.1 Å². The third-order valence-corrected chi connectivity index (χ3v) is 2.84. The summed E-state index contributed by atoms with van der Waals surface area (Å²) in [6, 6.07) is 5.88. The van der Waals surface area contributed by atoms with Gasteiger partial charge in [0.15, 0.2) is 0 Å². The van der Waals surface area contributed by atoms with E-state index in [9.17, 15) is 4.79 Å². The summed E-state index contributed by atoms with van der Waals surface area (Å²) < 4.78 is 5.25. The van der Waals surface area contributed by atoms with Gasteiger partial charge in [-0.3, -0.25) is 4.79 Å². The standard InChI is InChI=1S/C11H11NO2S/c1-7-3-4-10(14-2)8(5-7)9-6-15-11(13)12-9/h3-6H,1-2H3,(H,12,13). The van der Waals surface area contributed by atoms with Gasteiger partial charge in [0.1, 0.15) is 5.75 Å². The molecule has 0 aliphatic carbocycles. The van der Waals surface area contributed by atoms with Crippen LogP contribution >= 0.6 is 11.3 Å². The first-order valence-corrected chi connectivity index (χ1v) is 5.41. The van der Waals surface area contributed by atoms with Crippen LogP contribution in [0.15, 0.2) is 28.4 Å². The number of hydrogen-bond acceptors (Lipinski definition) is 3. The maximum Gasteiger partial charge on any atom is 0.304 e. The molecule has 0 atom stereocenters. The van der Waals surface area contributed by atoms with Crippen molar-refractivity contribution in [3.05, 3.63) is 38.8 Å². The largest absolute Gasteiger partial charge is 0.496 e. The zero-order valence-electron chi connectivity index (χ0n) is 8.53. The number of aromatic nitrogens is 1. The van der Waals surface area contributed by atoms with Crippen LogP contribution in [0.1, 0.15) is 5.56 Å².